The lowest BCUT2D eigenvalue weighted by Crippen LogP contribution is -2.08. The van der Waals surface area contributed by atoms with E-state index in [0.29, 0.717) is 28.6 Å². The number of nitrogens with zero attached hydrogens (tertiary/aromatic N) is 3. The van der Waals surface area contributed by atoms with E-state index in [1.54, 1.807) is 16.9 Å². The summed E-state index contributed by atoms with van der Waals surface area (Å²) in [5, 5.41) is 4.94. The molecule has 4 N–H and O–H groups in total. The molecule has 3 rings (SSSR count). The van der Waals surface area contributed by atoms with E-state index in [1.807, 2.05) is 24.3 Å². The van der Waals surface area contributed by atoms with Crippen LogP contribution in [-0.2, 0) is 6.42 Å². The third-order valence-electron chi connectivity index (χ3n) is 3.01. The fourth-order valence-electron chi connectivity index (χ4n) is 2.01. The molecule has 0 spiro atoms. The highest BCUT2D eigenvalue weighted by Crippen LogP contribution is 2.24. The van der Waals surface area contributed by atoms with Crippen LogP contribution in [0.15, 0.2) is 36.7 Å². The van der Waals surface area contributed by atoms with Gasteiger partial charge in [0.05, 0.1) is 5.69 Å². The molecule has 0 aliphatic carbocycles. The summed E-state index contributed by atoms with van der Waals surface area (Å²) in [4.78, 5) is 4.17. The number of aromatic nitrogens is 3. The van der Waals surface area contributed by atoms with Crippen LogP contribution in [-0.4, -0.2) is 14.6 Å². The zero-order chi connectivity index (χ0) is 13.4. The minimum Gasteiger partial charge on any atom is -0.395 e. The number of imidazole rings is 1. The summed E-state index contributed by atoms with van der Waals surface area (Å²) in [5.41, 5.74) is 15.1. The molecule has 2 heterocycles. The Bertz CT molecular complexity index is 733. The van der Waals surface area contributed by atoms with Gasteiger partial charge in [-0.15, -0.1) is 5.10 Å². The minimum absolute atomic E-state index is 0.415. The van der Waals surface area contributed by atoms with Gasteiger partial charge in [0.2, 0.25) is 0 Å². The Morgan fingerprint density at radius 2 is 1.89 bits per heavy atom. The van der Waals surface area contributed by atoms with E-state index in [4.69, 9.17) is 23.1 Å². The highest BCUT2D eigenvalue weighted by Gasteiger charge is 2.12. The van der Waals surface area contributed by atoms with Gasteiger partial charge in [-0.1, -0.05) is 23.7 Å². The molecule has 96 valence electrons. The third-order valence-corrected chi connectivity index (χ3v) is 3.26. The predicted octanol–water partition coefficient (Wildman–Crippen LogP) is 2.14. The first-order valence-corrected chi connectivity index (χ1v) is 6.14. The predicted molar refractivity (Wildman–Crippen MR) is 76.1 cm³/mol. The van der Waals surface area contributed by atoms with Crippen molar-refractivity contribution in [2.75, 3.05) is 11.5 Å². The lowest BCUT2D eigenvalue weighted by Gasteiger charge is -2.10. The molecule has 3 aromatic rings. The number of hydrogen-bond donors (Lipinski definition) is 2. The first kappa shape index (κ1) is 11.8. The van der Waals surface area contributed by atoms with Crippen LogP contribution in [0.3, 0.4) is 0 Å². The molecule has 0 atom stereocenters. The van der Waals surface area contributed by atoms with Crippen molar-refractivity contribution in [3.05, 3.63) is 52.8 Å². The van der Waals surface area contributed by atoms with Crippen LogP contribution in [0.2, 0.25) is 5.02 Å². The average molecular weight is 274 g/mol. The van der Waals surface area contributed by atoms with Crippen molar-refractivity contribution in [3.8, 4) is 0 Å². The zero-order valence-electron chi connectivity index (χ0n) is 10.0. The molecule has 0 radical (unpaired) electrons. The molecular weight excluding hydrogens is 262 g/mol. The lowest BCUT2D eigenvalue weighted by molar-refractivity contribution is 0.932. The molecular formula is C13H12ClN5. The third kappa shape index (κ3) is 2.08. The van der Waals surface area contributed by atoms with Gasteiger partial charge in [0.15, 0.2) is 5.65 Å². The Kier molecular flexibility index (Phi) is 2.76. The standard InChI is InChI=1S/C13H12ClN5/c14-9-3-1-8(2-4-9)7-10-11(15)13-17-5-6-19(13)18-12(10)16/h1-6H,7,15H2,(H2,16,18). The minimum atomic E-state index is 0.415. The molecule has 0 unspecified atom stereocenters. The summed E-state index contributed by atoms with van der Waals surface area (Å²) in [6.45, 7) is 0. The Labute approximate surface area is 114 Å². The maximum Gasteiger partial charge on any atom is 0.177 e. The number of fused-ring (bicyclic) bond motifs is 1. The average Bonchev–Trinajstić information content (AvgIpc) is 2.85. The van der Waals surface area contributed by atoms with Crippen LogP contribution in [0, 0.1) is 0 Å². The van der Waals surface area contributed by atoms with E-state index in [1.165, 1.54) is 0 Å². The van der Waals surface area contributed by atoms with Crippen LogP contribution in [0.25, 0.3) is 5.65 Å². The zero-order valence-corrected chi connectivity index (χ0v) is 10.8. The highest BCUT2D eigenvalue weighted by molar-refractivity contribution is 6.30. The highest BCUT2D eigenvalue weighted by atomic mass is 35.5. The monoisotopic (exact) mass is 273 g/mol. The van der Waals surface area contributed by atoms with Crippen molar-refractivity contribution in [3.63, 3.8) is 0 Å². The molecule has 0 fully saturated rings. The van der Waals surface area contributed by atoms with Gasteiger partial charge < -0.3 is 11.5 Å². The van der Waals surface area contributed by atoms with E-state index in [2.05, 4.69) is 10.1 Å². The van der Waals surface area contributed by atoms with Crippen LogP contribution in [0.5, 0.6) is 0 Å². The van der Waals surface area contributed by atoms with Crippen LogP contribution < -0.4 is 11.5 Å². The van der Waals surface area contributed by atoms with Crippen LogP contribution >= 0.6 is 11.6 Å². The van der Waals surface area contributed by atoms with Gasteiger partial charge in [0.25, 0.3) is 0 Å². The van der Waals surface area contributed by atoms with Crippen molar-refractivity contribution in [2.24, 2.45) is 0 Å². The Balaban J connectivity index is 2.06. The van der Waals surface area contributed by atoms with Gasteiger partial charge in [-0.05, 0) is 17.7 Å². The summed E-state index contributed by atoms with van der Waals surface area (Å²) in [5.74, 6) is 0.415. The van der Waals surface area contributed by atoms with Crippen molar-refractivity contribution in [1.29, 1.82) is 0 Å². The van der Waals surface area contributed by atoms with Crippen LogP contribution in [0.4, 0.5) is 11.5 Å². The Morgan fingerprint density at radius 3 is 2.63 bits per heavy atom. The number of rotatable bonds is 2. The van der Waals surface area contributed by atoms with E-state index >= 15 is 0 Å². The molecule has 0 bridgehead atoms. The number of hydrogen-bond acceptors (Lipinski definition) is 4. The van der Waals surface area contributed by atoms with E-state index < -0.39 is 0 Å². The van der Waals surface area contributed by atoms with Gasteiger partial charge in [-0.2, -0.15) is 0 Å². The molecule has 1 aromatic carbocycles. The second-order valence-electron chi connectivity index (χ2n) is 4.28. The molecule has 19 heavy (non-hydrogen) atoms. The SMILES string of the molecule is Nc1nn2ccnc2c(N)c1Cc1ccc(Cl)cc1. The van der Waals surface area contributed by atoms with E-state index in [9.17, 15) is 0 Å². The largest absolute Gasteiger partial charge is 0.395 e. The fraction of sp³-hybridized carbons (Fsp3) is 0.0769. The topological polar surface area (TPSA) is 82.2 Å². The summed E-state index contributed by atoms with van der Waals surface area (Å²) < 4.78 is 1.58. The van der Waals surface area contributed by atoms with Crippen molar-refractivity contribution < 1.29 is 0 Å². The molecule has 0 amide bonds. The number of anilines is 2. The maximum absolute atomic E-state index is 6.11. The Hall–Kier alpha value is -2.27. The molecule has 2 aromatic heterocycles. The summed E-state index contributed by atoms with van der Waals surface area (Å²) in [6.07, 6.45) is 3.96. The number of benzene rings is 1. The Morgan fingerprint density at radius 1 is 1.16 bits per heavy atom. The van der Waals surface area contributed by atoms with Crippen LogP contribution in [0.1, 0.15) is 11.1 Å². The number of nitrogens with two attached hydrogens (primary N) is 2. The molecule has 6 heteroatoms. The van der Waals surface area contributed by atoms with Crippen molar-refractivity contribution >= 4 is 28.8 Å². The number of halogens is 1. The van der Waals surface area contributed by atoms with Crippen molar-refractivity contribution in [1.82, 2.24) is 14.6 Å². The molecule has 0 aliphatic heterocycles. The van der Waals surface area contributed by atoms with E-state index in [0.717, 1.165) is 11.1 Å². The first-order chi connectivity index (χ1) is 9.15. The second kappa shape index (κ2) is 4.44. The molecule has 0 saturated heterocycles. The molecule has 5 nitrogen and oxygen atoms in total. The fourth-order valence-corrected chi connectivity index (χ4v) is 2.14. The summed E-state index contributed by atoms with van der Waals surface area (Å²) in [6, 6.07) is 7.56. The van der Waals surface area contributed by atoms with Gasteiger partial charge in [0, 0.05) is 29.4 Å². The lowest BCUT2D eigenvalue weighted by atomic mass is 10.0. The smallest absolute Gasteiger partial charge is 0.177 e. The second-order valence-corrected chi connectivity index (χ2v) is 4.71. The summed E-state index contributed by atoms with van der Waals surface area (Å²) in [7, 11) is 0. The number of nitrogen functional groups attached to an aromatic ring is 2. The normalized spacial score (nSPS) is 11.0. The van der Waals surface area contributed by atoms with Crippen molar-refractivity contribution in [2.45, 2.75) is 6.42 Å². The van der Waals surface area contributed by atoms with Gasteiger partial charge in [-0.3, -0.25) is 0 Å². The van der Waals surface area contributed by atoms with E-state index in [-0.39, 0.29) is 0 Å². The molecule has 0 saturated carbocycles. The quantitative estimate of drug-likeness (QED) is 0.749. The summed E-state index contributed by atoms with van der Waals surface area (Å²) >= 11 is 5.87. The molecule has 0 aliphatic rings. The maximum atomic E-state index is 6.11. The van der Waals surface area contributed by atoms with Gasteiger partial charge in [0.1, 0.15) is 5.82 Å². The van der Waals surface area contributed by atoms with Gasteiger partial charge >= 0.3 is 0 Å². The first-order valence-electron chi connectivity index (χ1n) is 5.77. The van der Waals surface area contributed by atoms with Gasteiger partial charge in [-0.25, -0.2) is 9.50 Å².